The van der Waals surface area contributed by atoms with Crippen molar-refractivity contribution < 1.29 is 9.90 Å². The highest BCUT2D eigenvalue weighted by Gasteiger charge is 2.27. The average Bonchev–Trinajstić information content (AvgIpc) is 2.38. The van der Waals surface area contributed by atoms with Crippen LogP contribution in [0.15, 0.2) is 24.3 Å². The Morgan fingerprint density at radius 3 is 2.26 bits per heavy atom. The minimum Gasteiger partial charge on any atom is -0.480 e. The lowest BCUT2D eigenvalue weighted by Gasteiger charge is -2.34. The van der Waals surface area contributed by atoms with E-state index in [2.05, 4.69) is 13.8 Å². The third-order valence-corrected chi connectivity index (χ3v) is 4.37. The molecule has 1 fully saturated rings. The molecule has 1 unspecified atom stereocenters. The van der Waals surface area contributed by atoms with E-state index >= 15 is 0 Å². The van der Waals surface area contributed by atoms with Gasteiger partial charge in [0.15, 0.2) is 0 Å². The normalized spacial score (nSPS) is 21.0. The van der Waals surface area contributed by atoms with Crippen molar-refractivity contribution in [1.82, 2.24) is 0 Å². The summed E-state index contributed by atoms with van der Waals surface area (Å²) >= 11 is 0. The van der Waals surface area contributed by atoms with Crippen LogP contribution >= 0.6 is 0 Å². The number of hydrogen-bond acceptors (Lipinski definition) is 2. The minimum absolute atomic E-state index is 0.474. The van der Waals surface area contributed by atoms with Gasteiger partial charge in [0.2, 0.25) is 0 Å². The summed E-state index contributed by atoms with van der Waals surface area (Å²) < 4.78 is 0. The molecular weight excluding hydrogens is 238 g/mol. The molecule has 3 heteroatoms. The molecule has 1 atom stereocenters. The Labute approximate surface area is 114 Å². The number of aliphatic carboxylic acids is 1. The lowest BCUT2D eigenvalue weighted by atomic mass is 9.71. The van der Waals surface area contributed by atoms with Crippen LogP contribution in [0.5, 0.6) is 0 Å². The molecule has 1 saturated carbocycles. The fourth-order valence-electron chi connectivity index (χ4n) is 2.85. The molecule has 104 valence electrons. The molecule has 0 spiro atoms. The van der Waals surface area contributed by atoms with Crippen LogP contribution < -0.4 is 5.73 Å². The maximum Gasteiger partial charge on any atom is 0.325 e. The first-order valence-electron chi connectivity index (χ1n) is 6.97. The van der Waals surface area contributed by atoms with E-state index in [4.69, 9.17) is 10.8 Å². The Morgan fingerprint density at radius 2 is 1.79 bits per heavy atom. The maximum atomic E-state index is 10.8. The van der Waals surface area contributed by atoms with Crippen molar-refractivity contribution in [2.45, 2.75) is 51.5 Å². The monoisotopic (exact) mass is 261 g/mol. The molecule has 3 N–H and O–H groups in total. The SMILES string of the molecule is CC1(C)CCC(c2ccc(C(N)C(=O)O)cc2)CC1. The van der Waals surface area contributed by atoms with Crippen LogP contribution in [0.25, 0.3) is 0 Å². The molecular formula is C16H23NO2. The Hall–Kier alpha value is -1.35. The molecule has 1 aromatic rings. The van der Waals surface area contributed by atoms with Crippen molar-refractivity contribution >= 4 is 5.97 Å². The van der Waals surface area contributed by atoms with Gasteiger partial charge >= 0.3 is 5.97 Å². The van der Waals surface area contributed by atoms with Gasteiger partial charge in [-0.1, -0.05) is 38.1 Å². The van der Waals surface area contributed by atoms with Crippen LogP contribution in [0.4, 0.5) is 0 Å². The number of carbonyl (C=O) groups is 1. The largest absolute Gasteiger partial charge is 0.480 e. The quantitative estimate of drug-likeness (QED) is 0.876. The van der Waals surface area contributed by atoms with Crippen LogP contribution in [0.2, 0.25) is 0 Å². The summed E-state index contributed by atoms with van der Waals surface area (Å²) in [5.41, 5.74) is 8.07. The van der Waals surface area contributed by atoms with Crippen molar-refractivity contribution in [2.24, 2.45) is 11.1 Å². The van der Waals surface area contributed by atoms with E-state index in [0.717, 1.165) is 0 Å². The highest BCUT2D eigenvalue weighted by atomic mass is 16.4. The molecule has 1 aromatic carbocycles. The molecule has 0 aromatic heterocycles. The van der Waals surface area contributed by atoms with E-state index in [1.165, 1.54) is 31.2 Å². The summed E-state index contributed by atoms with van der Waals surface area (Å²) in [5, 5.41) is 8.89. The van der Waals surface area contributed by atoms with Gasteiger partial charge in [0.1, 0.15) is 6.04 Å². The number of nitrogens with two attached hydrogens (primary N) is 1. The van der Waals surface area contributed by atoms with Crippen LogP contribution in [-0.4, -0.2) is 11.1 Å². The Morgan fingerprint density at radius 1 is 1.26 bits per heavy atom. The minimum atomic E-state index is -0.979. The van der Waals surface area contributed by atoms with Crippen molar-refractivity contribution in [3.05, 3.63) is 35.4 Å². The predicted octanol–water partition coefficient (Wildman–Crippen LogP) is 3.45. The highest BCUT2D eigenvalue weighted by molar-refractivity contribution is 5.75. The third-order valence-electron chi connectivity index (χ3n) is 4.37. The zero-order valence-electron chi connectivity index (χ0n) is 11.7. The van der Waals surface area contributed by atoms with Crippen LogP contribution in [-0.2, 0) is 4.79 Å². The van der Waals surface area contributed by atoms with Crippen molar-refractivity contribution in [2.75, 3.05) is 0 Å². The van der Waals surface area contributed by atoms with Gasteiger partial charge in [-0.15, -0.1) is 0 Å². The standard InChI is InChI=1S/C16H23NO2/c1-16(2)9-7-12(8-10-16)11-3-5-13(6-4-11)14(17)15(18)19/h3-6,12,14H,7-10,17H2,1-2H3,(H,18,19). The van der Waals surface area contributed by atoms with Gasteiger partial charge in [-0.3, -0.25) is 4.79 Å². The van der Waals surface area contributed by atoms with Crippen molar-refractivity contribution in [3.63, 3.8) is 0 Å². The van der Waals surface area contributed by atoms with E-state index < -0.39 is 12.0 Å². The van der Waals surface area contributed by atoms with Crippen molar-refractivity contribution in [3.8, 4) is 0 Å². The Balaban J connectivity index is 2.05. The van der Waals surface area contributed by atoms with Gasteiger partial charge in [-0.05, 0) is 48.1 Å². The topological polar surface area (TPSA) is 63.3 Å². The summed E-state index contributed by atoms with van der Waals surface area (Å²) in [6.45, 7) is 4.66. The zero-order valence-corrected chi connectivity index (χ0v) is 11.7. The van der Waals surface area contributed by atoms with E-state index in [0.29, 0.717) is 16.9 Å². The number of hydrogen-bond donors (Lipinski definition) is 2. The second-order valence-electron chi connectivity index (χ2n) is 6.42. The maximum absolute atomic E-state index is 10.8. The molecule has 0 amide bonds. The molecule has 3 nitrogen and oxygen atoms in total. The first-order chi connectivity index (χ1) is 8.89. The van der Waals surface area contributed by atoms with Gasteiger partial charge in [0.05, 0.1) is 0 Å². The number of benzene rings is 1. The molecule has 2 rings (SSSR count). The van der Waals surface area contributed by atoms with E-state index in [9.17, 15) is 4.79 Å². The molecule has 0 heterocycles. The number of carboxylic acid groups (broad SMARTS) is 1. The van der Waals surface area contributed by atoms with Gasteiger partial charge in [0, 0.05) is 0 Å². The van der Waals surface area contributed by atoms with Gasteiger partial charge in [-0.25, -0.2) is 0 Å². The predicted molar refractivity (Wildman–Crippen MR) is 76.0 cm³/mol. The smallest absolute Gasteiger partial charge is 0.325 e. The van der Waals surface area contributed by atoms with Crippen LogP contribution in [0.1, 0.15) is 62.6 Å². The summed E-state index contributed by atoms with van der Waals surface area (Å²) in [7, 11) is 0. The molecule has 0 radical (unpaired) electrons. The summed E-state index contributed by atoms with van der Waals surface area (Å²) in [6, 6.07) is 6.88. The zero-order chi connectivity index (χ0) is 14.0. The Bertz CT molecular complexity index is 440. The fourth-order valence-corrected chi connectivity index (χ4v) is 2.85. The molecule has 0 saturated heterocycles. The Kier molecular flexibility index (Phi) is 3.95. The van der Waals surface area contributed by atoms with Gasteiger partial charge in [-0.2, -0.15) is 0 Å². The van der Waals surface area contributed by atoms with Crippen LogP contribution in [0, 0.1) is 5.41 Å². The lowest BCUT2D eigenvalue weighted by molar-refractivity contribution is -0.138. The summed E-state index contributed by atoms with van der Waals surface area (Å²) in [4.78, 5) is 10.8. The third kappa shape index (κ3) is 3.35. The average molecular weight is 261 g/mol. The molecule has 1 aliphatic rings. The molecule has 0 aliphatic heterocycles. The first kappa shape index (κ1) is 14.1. The van der Waals surface area contributed by atoms with E-state index in [-0.39, 0.29) is 0 Å². The summed E-state index contributed by atoms with van der Waals surface area (Å²) in [5.74, 6) is -0.365. The van der Waals surface area contributed by atoms with Gasteiger partial charge < -0.3 is 10.8 Å². The first-order valence-corrected chi connectivity index (χ1v) is 6.97. The number of carboxylic acids is 1. The lowest BCUT2D eigenvalue weighted by Crippen LogP contribution is -2.21. The molecule has 19 heavy (non-hydrogen) atoms. The second-order valence-corrected chi connectivity index (χ2v) is 6.42. The number of rotatable bonds is 3. The summed E-state index contributed by atoms with van der Waals surface area (Å²) in [6.07, 6.45) is 4.96. The van der Waals surface area contributed by atoms with Crippen LogP contribution in [0.3, 0.4) is 0 Å². The fraction of sp³-hybridized carbons (Fsp3) is 0.562. The van der Waals surface area contributed by atoms with E-state index in [1.54, 1.807) is 0 Å². The van der Waals surface area contributed by atoms with E-state index in [1.807, 2.05) is 24.3 Å². The molecule has 1 aliphatic carbocycles. The second kappa shape index (κ2) is 5.33. The molecule has 0 bridgehead atoms. The van der Waals surface area contributed by atoms with Crippen molar-refractivity contribution in [1.29, 1.82) is 0 Å². The highest BCUT2D eigenvalue weighted by Crippen LogP contribution is 2.42. The van der Waals surface area contributed by atoms with Gasteiger partial charge in [0.25, 0.3) is 0 Å².